The third-order valence-corrected chi connectivity index (χ3v) is 8.05. The van der Waals surface area contributed by atoms with Gasteiger partial charge < -0.3 is 5.32 Å². The van der Waals surface area contributed by atoms with Crippen molar-refractivity contribution in [2.75, 3.05) is 4.31 Å². The van der Waals surface area contributed by atoms with E-state index in [0.717, 1.165) is 22.8 Å². The molecule has 31 heavy (non-hydrogen) atoms. The number of rotatable bonds is 5. The van der Waals surface area contributed by atoms with E-state index >= 15 is 0 Å². The Hall–Kier alpha value is -2.86. The van der Waals surface area contributed by atoms with Crippen molar-refractivity contribution in [1.29, 1.82) is 0 Å². The van der Waals surface area contributed by atoms with Gasteiger partial charge >= 0.3 is 0 Å². The number of para-hydroxylation sites is 1. The normalized spacial score (nSPS) is 19.6. The van der Waals surface area contributed by atoms with Gasteiger partial charge in [-0.3, -0.25) is 9.10 Å². The summed E-state index contributed by atoms with van der Waals surface area (Å²) < 4.78 is 28.9. The molecule has 0 aromatic heterocycles. The lowest BCUT2D eigenvalue weighted by Gasteiger charge is -2.39. The third kappa shape index (κ3) is 3.92. The van der Waals surface area contributed by atoms with E-state index in [0.29, 0.717) is 12.1 Å². The molecule has 0 fully saturated rings. The van der Waals surface area contributed by atoms with Crippen molar-refractivity contribution in [2.45, 2.75) is 56.5 Å². The smallest absolute Gasteiger partial charge is 0.264 e. The van der Waals surface area contributed by atoms with Crippen LogP contribution in [0.1, 0.15) is 45.1 Å². The Morgan fingerprint density at radius 3 is 2.48 bits per heavy atom. The molecule has 0 aliphatic carbocycles. The molecular formula is C25H28N2O3S. The van der Waals surface area contributed by atoms with Gasteiger partial charge in [-0.2, -0.15) is 0 Å². The fourth-order valence-corrected chi connectivity index (χ4v) is 6.01. The van der Waals surface area contributed by atoms with Crippen LogP contribution in [0.15, 0.2) is 71.6 Å². The molecule has 3 aromatic rings. The molecule has 0 radical (unpaired) electrons. The molecule has 0 unspecified atom stereocenters. The van der Waals surface area contributed by atoms with E-state index in [2.05, 4.69) is 5.32 Å². The predicted octanol–water partition coefficient (Wildman–Crippen LogP) is 4.83. The molecule has 3 aromatic carbocycles. The Kier molecular flexibility index (Phi) is 5.75. The maximum atomic E-state index is 13.7. The van der Waals surface area contributed by atoms with Crippen LogP contribution in [0.4, 0.5) is 5.69 Å². The molecule has 0 spiro atoms. The standard InChI is InChI=1S/C25H28N2O3S/c1-4-17(2)26-25(28)23-15-18(3)27(24-12-8-7-11-22(23)24)31(29,30)21-14-13-19-9-5-6-10-20(19)16-21/h5-14,16-18,23H,4,15H2,1-3H3,(H,26,28)/t17-,18-,23+/m1/s1. The average Bonchev–Trinajstić information content (AvgIpc) is 2.77. The number of hydrogen-bond donors (Lipinski definition) is 1. The number of nitrogens with one attached hydrogen (secondary N) is 1. The van der Waals surface area contributed by atoms with E-state index in [-0.39, 0.29) is 28.8 Å². The highest BCUT2D eigenvalue weighted by molar-refractivity contribution is 7.92. The van der Waals surface area contributed by atoms with Gasteiger partial charge in [-0.1, -0.05) is 55.5 Å². The van der Waals surface area contributed by atoms with Crippen LogP contribution in [0.25, 0.3) is 10.8 Å². The molecular weight excluding hydrogens is 408 g/mol. The Morgan fingerprint density at radius 2 is 1.74 bits per heavy atom. The first-order chi connectivity index (χ1) is 14.8. The van der Waals surface area contributed by atoms with Gasteiger partial charge in [0, 0.05) is 12.1 Å². The molecule has 0 saturated carbocycles. The van der Waals surface area contributed by atoms with Crippen molar-refractivity contribution in [1.82, 2.24) is 5.32 Å². The second kappa shape index (κ2) is 8.35. The summed E-state index contributed by atoms with van der Waals surface area (Å²) in [7, 11) is -3.79. The summed E-state index contributed by atoms with van der Waals surface area (Å²) in [6, 6.07) is 20.0. The van der Waals surface area contributed by atoms with Crippen molar-refractivity contribution in [3.05, 3.63) is 72.3 Å². The number of carbonyl (C=O) groups is 1. The molecule has 1 aliphatic rings. The second-order valence-electron chi connectivity index (χ2n) is 8.32. The fraction of sp³-hybridized carbons (Fsp3) is 0.320. The molecule has 3 atom stereocenters. The van der Waals surface area contributed by atoms with Crippen LogP contribution >= 0.6 is 0 Å². The zero-order valence-electron chi connectivity index (χ0n) is 18.1. The highest BCUT2D eigenvalue weighted by Gasteiger charge is 2.40. The molecule has 5 nitrogen and oxygen atoms in total. The molecule has 4 rings (SSSR count). The minimum atomic E-state index is -3.79. The van der Waals surface area contributed by atoms with Crippen LogP contribution < -0.4 is 9.62 Å². The maximum absolute atomic E-state index is 13.7. The first-order valence-corrected chi connectivity index (χ1v) is 12.2. The van der Waals surface area contributed by atoms with Gasteiger partial charge in [0.15, 0.2) is 0 Å². The van der Waals surface area contributed by atoms with Gasteiger partial charge in [-0.05, 0) is 61.2 Å². The van der Waals surface area contributed by atoms with Gasteiger partial charge in [0.1, 0.15) is 0 Å². The zero-order valence-corrected chi connectivity index (χ0v) is 18.9. The summed E-state index contributed by atoms with van der Waals surface area (Å²) in [5, 5.41) is 4.94. The second-order valence-corrected chi connectivity index (χ2v) is 10.1. The highest BCUT2D eigenvalue weighted by atomic mass is 32.2. The van der Waals surface area contributed by atoms with Crippen LogP contribution in [-0.2, 0) is 14.8 Å². The lowest BCUT2D eigenvalue weighted by Crippen LogP contribution is -2.46. The number of anilines is 1. The predicted molar refractivity (Wildman–Crippen MR) is 125 cm³/mol. The van der Waals surface area contributed by atoms with Crippen LogP contribution in [-0.4, -0.2) is 26.4 Å². The molecule has 1 aliphatic heterocycles. The number of benzene rings is 3. The molecule has 0 saturated heterocycles. The Balaban J connectivity index is 1.76. The van der Waals surface area contributed by atoms with Crippen LogP contribution in [0, 0.1) is 0 Å². The lowest BCUT2D eigenvalue weighted by atomic mass is 9.86. The first-order valence-electron chi connectivity index (χ1n) is 10.8. The SMILES string of the molecule is CC[C@@H](C)NC(=O)[C@H]1C[C@@H](C)N(S(=O)(=O)c2ccc3ccccc3c2)c2ccccc21. The summed E-state index contributed by atoms with van der Waals surface area (Å²) >= 11 is 0. The number of sulfonamides is 1. The maximum Gasteiger partial charge on any atom is 0.264 e. The molecule has 1 heterocycles. The van der Waals surface area contributed by atoms with Gasteiger partial charge in [-0.25, -0.2) is 8.42 Å². The van der Waals surface area contributed by atoms with Crippen LogP contribution in [0.5, 0.6) is 0 Å². The first kappa shape index (κ1) is 21.4. The van der Waals surface area contributed by atoms with E-state index in [1.54, 1.807) is 18.2 Å². The van der Waals surface area contributed by atoms with E-state index in [4.69, 9.17) is 0 Å². The fourth-order valence-electron chi connectivity index (χ4n) is 4.29. The molecule has 6 heteroatoms. The van der Waals surface area contributed by atoms with Crippen molar-refractivity contribution < 1.29 is 13.2 Å². The summed E-state index contributed by atoms with van der Waals surface area (Å²) in [6.07, 6.45) is 1.28. The van der Waals surface area contributed by atoms with E-state index < -0.39 is 10.0 Å². The monoisotopic (exact) mass is 436 g/mol. The van der Waals surface area contributed by atoms with Gasteiger partial charge in [0.05, 0.1) is 16.5 Å². The van der Waals surface area contributed by atoms with Gasteiger partial charge in [-0.15, -0.1) is 0 Å². The molecule has 162 valence electrons. The van der Waals surface area contributed by atoms with E-state index in [9.17, 15) is 13.2 Å². The Morgan fingerprint density at radius 1 is 1.06 bits per heavy atom. The van der Waals surface area contributed by atoms with E-state index in [1.165, 1.54) is 4.31 Å². The molecule has 1 amide bonds. The van der Waals surface area contributed by atoms with Crippen molar-refractivity contribution >= 4 is 32.4 Å². The highest BCUT2D eigenvalue weighted by Crippen LogP contribution is 2.41. The van der Waals surface area contributed by atoms with Crippen molar-refractivity contribution in [3.63, 3.8) is 0 Å². The molecule has 0 bridgehead atoms. The summed E-state index contributed by atoms with van der Waals surface area (Å²) in [5.74, 6) is -0.417. The lowest BCUT2D eigenvalue weighted by molar-refractivity contribution is -0.123. The number of hydrogen-bond acceptors (Lipinski definition) is 3. The summed E-state index contributed by atoms with van der Waals surface area (Å²) in [4.78, 5) is 13.2. The van der Waals surface area contributed by atoms with Gasteiger partial charge in [0.25, 0.3) is 10.0 Å². The van der Waals surface area contributed by atoms with Crippen molar-refractivity contribution in [2.24, 2.45) is 0 Å². The van der Waals surface area contributed by atoms with Crippen molar-refractivity contribution in [3.8, 4) is 0 Å². The quantitative estimate of drug-likeness (QED) is 0.623. The largest absolute Gasteiger partial charge is 0.353 e. The number of nitrogens with zero attached hydrogens (tertiary/aromatic N) is 1. The molecule has 1 N–H and O–H groups in total. The topological polar surface area (TPSA) is 66.5 Å². The Bertz CT molecular complexity index is 1220. The minimum absolute atomic E-state index is 0.0450. The summed E-state index contributed by atoms with van der Waals surface area (Å²) in [5.41, 5.74) is 1.34. The number of carbonyl (C=O) groups excluding carboxylic acids is 1. The summed E-state index contributed by atoms with van der Waals surface area (Å²) in [6.45, 7) is 5.88. The third-order valence-electron chi connectivity index (χ3n) is 6.12. The number of amides is 1. The van der Waals surface area contributed by atoms with Crippen LogP contribution in [0.2, 0.25) is 0 Å². The average molecular weight is 437 g/mol. The minimum Gasteiger partial charge on any atom is -0.353 e. The number of fused-ring (bicyclic) bond motifs is 2. The van der Waals surface area contributed by atoms with Crippen LogP contribution in [0.3, 0.4) is 0 Å². The Labute approximate surface area is 184 Å². The van der Waals surface area contributed by atoms with E-state index in [1.807, 2.05) is 69.3 Å². The zero-order chi connectivity index (χ0) is 22.2. The van der Waals surface area contributed by atoms with Gasteiger partial charge in [0.2, 0.25) is 5.91 Å².